The molecule has 0 bridgehead atoms. The Hall–Kier alpha value is -2.94. The number of hydrogen-bond donors (Lipinski definition) is 1. The van der Waals surface area contributed by atoms with E-state index in [-0.39, 0.29) is 28.4 Å². The smallest absolute Gasteiger partial charge is 0.300 e. The summed E-state index contributed by atoms with van der Waals surface area (Å²) in [5.41, 5.74) is 0.941. The normalized spacial score (nSPS) is 14.2. The quantitative estimate of drug-likeness (QED) is 0.697. The Kier molecular flexibility index (Phi) is 4.34. The van der Waals surface area contributed by atoms with E-state index in [1.807, 2.05) is 0 Å². The zero-order valence-electron chi connectivity index (χ0n) is 14.7. The number of benzene rings is 2. The van der Waals surface area contributed by atoms with Crippen LogP contribution in [0.25, 0.3) is 11.0 Å². The fraction of sp³-hybridized carbons (Fsp3) is 0.211. The maximum atomic E-state index is 14.3. The van der Waals surface area contributed by atoms with Gasteiger partial charge in [0, 0.05) is 6.07 Å². The predicted molar refractivity (Wildman–Crippen MR) is 95.8 cm³/mol. The second-order valence-corrected chi connectivity index (χ2v) is 8.18. The lowest BCUT2D eigenvalue weighted by atomic mass is 10.1. The SMILES string of the molecule is COc1ccc(F)cc1S(=O)(=O)NC(=O)c1cc2c(F)cc(C3CC3)cc2o1. The van der Waals surface area contributed by atoms with Gasteiger partial charge in [0.2, 0.25) is 0 Å². The van der Waals surface area contributed by atoms with E-state index in [0.717, 1.165) is 42.7 Å². The molecule has 1 saturated carbocycles. The summed E-state index contributed by atoms with van der Waals surface area (Å²) in [4.78, 5) is 11.8. The van der Waals surface area contributed by atoms with Crippen LogP contribution in [0.4, 0.5) is 8.78 Å². The molecule has 1 fully saturated rings. The van der Waals surface area contributed by atoms with E-state index in [9.17, 15) is 22.0 Å². The number of carbonyl (C=O) groups is 1. The third-order valence-electron chi connectivity index (χ3n) is 4.52. The van der Waals surface area contributed by atoms with E-state index in [0.29, 0.717) is 0 Å². The Morgan fingerprint density at radius 1 is 1.18 bits per heavy atom. The van der Waals surface area contributed by atoms with E-state index in [4.69, 9.17) is 9.15 Å². The summed E-state index contributed by atoms with van der Waals surface area (Å²) < 4.78 is 64.8. The number of sulfonamides is 1. The summed E-state index contributed by atoms with van der Waals surface area (Å²) in [7, 11) is -3.23. The molecule has 1 aromatic heterocycles. The van der Waals surface area contributed by atoms with Crippen molar-refractivity contribution in [3.05, 3.63) is 59.4 Å². The topological polar surface area (TPSA) is 85.6 Å². The standard InChI is InChI=1S/C19H15F2NO5S/c1-26-15-5-4-12(20)8-18(15)28(24,25)22-19(23)17-9-13-14(21)6-11(10-2-3-10)7-16(13)27-17/h4-10H,2-3H2,1H3,(H,22,23). The van der Waals surface area contributed by atoms with Gasteiger partial charge in [-0.3, -0.25) is 4.79 Å². The summed E-state index contributed by atoms with van der Waals surface area (Å²) in [6, 6.07) is 7.07. The summed E-state index contributed by atoms with van der Waals surface area (Å²) in [5.74, 6) is -2.69. The van der Waals surface area contributed by atoms with Crippen molar-refractivity contribution in [3.63, 3.8) is 0 Å². The molecule has 1 aliphatic rings. The monoisotopic (exact) mass is 407 g/mol. The van der Waals surface area contributed by atoms with Crippen molar-refractivity contribution in [1.29, 1.82) is 0 Å². The molecule has 0 radical (unpaired) electrons. The van der Waals surface area contributed by atoms with Crippen LogP contribution in [-0.2, 0) is 10.0 Å². The molecule has 0 saturated heterocycles. The fourth-order valence-electron chi connectivity index (χ4n) is 2.97. The van der Waals surface area contributed by atoms with Crippen LogP contribution in [0.1, 0.15) is 34.9 Å². The number of fused-ring (bicyclic) bond motifs is 1. The summed E-state index contributed by atoms with van der Waals surface area (Å²) in [6.45, 7) is 0. The Morgan fingerprint density at radius 2 is 1.93 bits per heavy atom. The Morgan fingerprint density at radius 3 is 2.61 bits per heavy atom. The molecule has 0 atom stereocenters. The first-order valence-corrected chi connectivity index (χ1v) is 9.90. The van der Waals surface area contributed by atoms with Crippen molar-refractivity contribution >= 4 is 26.9 Å². The van der Waals surface area contributed by atoms with Crippen molar-refractivity contribution in [2.75, 3.05) is 7.11 Å². The molecule has 4 rings (SSSR count). The third-order valence-corrected chi connectivity index (χ3v) is 5.88. The molecule has 0 spiro atoms. The lowest BCUT2D eigenvalue weighted by Crippen LogP contribution is -2.30. The van der Waals surface area contributed by atoms with Crippen LogP contribution in [0, 0.1) is 11.6 Å². The van der Waals surface area contributed by atoms with Gasteiger partial charge in [-0.1, -0.05) is 0 Å². The second-order valence-electron chi connectivity index (χ2n) is 6.53. The van der Waals surface area contributed by atoms with E-state index in [2.05, 4.69) is 0 Å². The molecule has 9 heteroatoms. The molecule has 3 aromatic rings. The van der Waals surface area contributed by atoms with Crippen LogP contribution in [-0.4, -0.2) is 21.4 Å². The van der Waals surface area contributed by atoms with Crippen LogP contribution in [0.2, 0.25) is 0 Å². The number of ether oxygens (including phenoxy) is 1. The van der Waals surface area contributed by atoms with Crippen LogP contribution < -0.4 is 9.46 Å². The first-order chi connectivity index (χ1) is 13.3. The number of hydrogen-bond acceptors (Lipinski definition) is 5. The fourth-order valence-corrected chi connectivity index (χ4v) is 4.11. The molecule has 1 aliphatic carbocycles. The zero-order chi connectivity index (χ0) is 20.1. The number of furan rings is 1. The molecule has 0 unspecified atom stereocenters. The van der Waals surface area contributed by atoms with Gasteiger partial charge in [-0.05, 0) is 54.7 Å². The molecule has 1 N–H and O–H groups in total. The van der Waals surface area contributed by atoms with Gasteiger partial charge in [-0.15, -0.1) is 0 Å². The van der Waals surface area contributed by atoms with Crippen LogP contribution in [0.3, 0.4) is 0 Å². The second kappa shape index (κ2) is 6.59. The lowest BCUT2D eigenvalue weighted by Gasteiger charge is -2.10. The third kappa shape index (κ3) is 3.33. The number of carbonyl (C=O) groups excluding carboxylic acids is 1. The Balaban J connectivity index is 1.66. The summed E-state index contributed by atoms with van der Waals surface area (Å²) >= 11 is 0. The minimum atomic E-state index is -4.45. The van der Waals surface area contributed by atoms with E-state index in [1.165, 1.54) is 13.2 Å². The largest absolute Gasteiger partial charge is 0.495 e. The highest BCUT2D eigenvalue weighted by Crippen LogP contribution is 2.41. The van der Waals surface area contributed by atoms with Crippen LogP contribution in [0.15, 0.2) is 45.7 Å². The number of amides is 1. The average molecular weight is 407 g/mol. The highest BCUT2D eigenvalue weighted by Gasteiger charge is 2.28. The van der Waals surface area contributed by atoms with Crippen molar-refractivity contribution < 1.29 is 31.1 Å². The predicted octanol–water partition coefficient (Wildman–Crippen LogP) is 3.72. The molecule has 1 amide bonds. The molecule has 28 heavy (non-hydrogen) atoms. The number of methoxy groups -OCH3 is 1. The van der Waals surface area contributed by atoms with Crippen molar-refractivity contribution in [1.82, 2.24) is 4.72 Å². The van der Waals surface area contributed by atoms with E-state index < -0.39 is 32.5 Å². The zero-order valence-corrected chi connectivity index (χ0v) is 15.5. The van der Waals surface area contributed by atoms with Crippen LogP contribution in [0.5, 0.6) is 5.75 Å². The molecule has 6 nitrogen and oxygen atoms in total. The molecule has 2 aromatic carbocycles. The average Bonchev–Trinajstić information content (AvgIpc) is 3.40. The maximum absolute atomic E-state index is 14.3. The minimum absolute atomic E-state index is 0.0790. The van der Waals surface area contributed by atoms with Gasteiger partial charge >= 0.3 is 5.91 Å². The minimum Gasteiger partial charge on any atom is -0.495 e. The molecule has 0 aliphatic heterocycles. The van der Waals surface area contributed by atoms with Gasteiger partial charge in [0.15, 0.2) is 5.76 Å². The Bertz CT molecular complexity index is 1200. The Labute approximate surface area is 159 Å². The first-order valence-electron chi connectivity index (χ1n) is 8.42. The van der Waals surface area contributed by atoms with Gasteiger partial charge < -0.3 is 9.15 Å². The first kappa shape index (κ1) is 18.4. The number of rotatable bonds is 5. The van der Waals surface area contributed by atoms with Gasteiger partial charge in [0.05, 0.1) is 12.5 Å². The molecular weight excluding hydrogens is 392 g/mol. The summed E-state index contributed by atoms with van der Waals surface area (Å²) in [6.07, 6.45) is 1.93. The van der Waals surface area contributed by atoms with Gasteiger partial charge in [0.1, 0.15) is 27.9 Å². The van der Waals surface area contributed by atoms with Gasteiger partial charge in [-0.25, -0.2) is 21.9 Å². The molecular formula is C19H15F2NO5S. The lowest BCUT2D eigenvalue weighted by molar-refractivity contribution is 0.0956. The highest BCUT2D eigenvalue weighted by atomic mass is 32.2. The number of nitrogens with one attached hydrogen (secondary N) is 1. The van der Waals surface area contributed by atoms with E-state index in [1.54, 1.807) is 10.8 Å². The molecule has 1 heterocycles. The number of halogens is 2. The summed E-state index contributed by atoms with van der Waals surface area (Å²) in [5, 5.41) is 0.0790. The van der Waals surface area contributed by atoms with E-state index >= 15 is 0 Å². The van der Waals surface area contributed by atoms with Gasteiger partial charge in [-0.2, -0.15) is 0 Å². The van der Waals surface area contributed by atoms with Crippen molar-refractivity contribution in [2.24, 2.45) is 0 Å². The van der Waals surface area contributed by atoms with Gasteiger partial charge in [0.25, 0.3) is 10.0 Å². The highest BCUT2D eigenvalue weighted by molar-refractivity contribution is 7.90. The van der Waals surface area contributed by atoms with Crippen molar-refractivity contribution in [2.45, 2.75) is 23.7 Å². The molecule has 146 valence electrons. The maximum Gasteiger partial charge on any atom is 0.300 e. The van der Waals surface area contributed by atoms with Crippen molar-refractivity contribution in [3.8, 4) is 5.75 Å². The van der Waals surface area contributed by atoms with Crippen LogP contribution >= 0.6 is 0 Å².